The summed E-state index contributed by atoms with van der Waals surface area (Å²) >= 11 is 1.50. The van der Waals surface area contributed by atoms with Crippen molar-refractivity contribution in [2.45, 2.75) is 120 Å². The second-order valence-corrected chi connectivity index (χ2v) is 21.0. The molecule has 4 aliphatic rings. The number of fused-ring (bicyclic) bond motifs is 3. The highest BCUT2D eigenvalue weighted by Crippen LogP contribution is 2.48. The number of sulfonamides is 1. The largest absolute Gasteiger partial charge is 0.496 e. The minimum atomic E-state index is -3.99. The zero-order valence-electron chi connectivity index (χ0n) is 35.9. The first-order valence-electron chi connectivity index (χ1n) is 21.6. The van der Waals surface area contributed by atoms with Crippen molar-refractivity contribution in [3.63, 3.8) is 0 Å². The van der Waals surface area contributed by atoms with Gasteiger partial charge in [-0.3, -0.25) is 19.1 Å². The molecular weight excluding hydrogens is 825 g/mol. The van der Waals surface area contributed by atoms with Gasteiger partial charge < -0.3 is 19.7 Å². The van der Waals surface area contributed by atoms with Crippen LogP contribution in [0, 0.1) is 30.1 Å². The van der Waals surface area contributed by atoms with E-state index in [-0.39, 0.29) is 31.2 Å². The first-order chi connectivity index (χ1) is 29.6. The van der Waals surface area contributed by atoms with Gasteiger partial charge in [-0.25, -0.2) is 18.4 Å². The predicted octanol–water partition coefficient (Wildman–Crippen LogP) is 7.27. The molecule has 4 aromatic rings. The van der Waals surface area contributed by atoms with Crippen LogP contribution in [0.25, 0.3) is 21.6 Å². The lowest BCUT2D eigenvalue weighted by Crippen LogP contribution is -2.57. The highest BCUT2D eigenvalue weighted by atomic mass is 32.2. The predicted molar refractivity (Wildman–Crippen MR) is 237 cm³/mol. The number of methoxy groups -OCH3 is 1. The van der Waals surface area contributed by atoms with E-state index in [1.165, 1.54) is 11.3 Å². The summed E-state index contributed by atoms with van der Waals surface area (Å²) in [5.41, 5.74) is 3.03. The van der Waals surface area contributed by atoms with Crippen LogP contribution in [0.5, 0.6) is 11.5 Å². The summed E-state index contributed by atoms with van der Waals surface area (Å²) in [5.74, 6) is -0.970. The Hall–Kier alpha value is -5.33. The monoisotopic (exact) mass is 878 g/mol. The number of aromatic nitrogens is 2. The number of ether oxygens (including phenoxy) is 2. The number of carbonyl (C=O) groups excluding carboxylic acids is 3. The molecule has 2 aliphatic heterocycles. The second kappa shape index (κ2) is 17.1. The van der Waals surface area contributed by atoms with E-state index < -0.39 is 56.1 Å². The van der Waals surface area contributed by atoms with Gasteiger partial charge in [0.25, 0.3) is 5.91 Å². The van der Waals surface area contributed by atoms with Crippen molar-refractivity contribution in [1.82, 2.24) is 24.9 Å². The van der Waals surface area contributed by atoms with Gasteiger partial charge in [0.1, 0.15) is 39.9 Å². The summed E-state index contributed by atoms with van der Waals surface area (Å²) in [5, 5.41) is 15.9. The van der Waals surface area contributed by atoms with E-state index in [1.54, 1.807) is 31.1 Å². The second-order valence-electron chi connectivity index (χ2n) is 17.9. The standard InChI is InChI=1S/C47H54N6O7S2/c1-28(2)37-27-61-43(50-37)36-23-40(35-17-18-39(59-5)29(3)41(35)49-36)60-34-22-38-42(54)51-47(45(56)52-62(57,58)46(4)19-20-46)24-33(47)12-10-8-6-7-9-11-32(44(55)53(38)26-34)21-30-13-15-31(25-48)16-14-30/h10,12-18,23,27-28,32-34,38H,6-9,11,19-22,24,26H2,1-5H3,(H,51,54)(H,52,56)/b12-10-/t32-,33+,34-,38+,47-/m1/s1. The molecule has 0 unspecified atom stereocenters. The van der Waals surface area contributed by atoms with E-state index in [1.807, 2.05) is 54.8 Å². The third-order valence-corrected chi connectivity index (χ3v) is 16.2. The maximum absolute atomic E-state index is 15.0. The molecule has 2 aliphatic carbocycles. The van der Waals surface area contributed by atoms with Crippen molar-refractivity contribution in [3.05, 3.63) is 82.4 Å². The SMILES string of the molecule is COc1ccc2c(O[C@@H]3C[C@H]4C(=O)N[C@]5(C(=O)NS(=O)(=O)C6(C)CC6)C[C@@H]5/C=C\CCCCC[C@H](Cc5ccc(C#N)cc5)C(=O)N4C3)cc(-c3nc(C(C)C)cs3)nc2c1C. The molecule has 0 radical (unpaired) electrons. The van der Waals surface area contributed by atoms with Crippen molar-refractivity contribution >= 4 is 50.0 Å². The van der Waals surface area contributed by atoms with Crippen molar-refractivity contribution in [1.29, 1.82) is 5.26 Å². The maximum atomic E-state index is 15.0. The number of hydrogen-bond acceptors (Lipinski definition) is 11. The number of hydrogen-bond donors (Lipinski definition) is 2. The molecule has 13 nitrogen and oxygen atoms in total. The molecular formula is C47H54N6O7S2. The first-order valence-corrected chi connectivity index (χ1v) is 24.0. The van der Waals surface area contributed by atoms with Crippen LogP contribution in [0.1, 0.15) is 107 Å². The highest BCUT2D eigenvalue weighted by Gasteiger charge is 2.63. The van der Waals surface area contributed by atoms with Gasteiger partial charge in [0.15, 0.2) is 0 Å². The smallest absolute Gasteiger partial charge is 0.259 e. The van der Waals surface area contributed by atoms with Crippen LogP contribution >= 0.6 is 11.3 Å². The van der Waals surface area contributed by atoms with E-state index in [4.69, 9.17) is 19.4 Å². The molecule has 0 spiro atoms. The van der Waals surface area contributed by atoms with Gasteiger partial charge >= 0.3 is 0 Å². The fourth-order valence-electron chi connectivity index (χ4n) is 8.73. The van der Waals surface area contributed by atoms with Crippen molar-refractivity contribution in [3.8, 4) is 28.3 Å². The van der Waals surface area contributed by atoms with E-state index in [2.05, 4.69) is 30.0 Å². The lowest BCUT2D eigenvalue weighted by molar-refractivity contribution is -0.142. The number of benzene rings is 2. The number of nitriles is 1. The molecule has 1 saturated heterocycles. The third kappa shape index (κ3) is 8.56. The number of amides is 3. The van der Waals surface area contributed by atoms with Crippen LogP contribution in [0.3, 0.4) is 0 Å². The van der Waals surface area contributed by atoms with E-state index >= 15 is 4.79 Å². The van der Waals surface area contributed by atoms with Gasteiger partial charge in [-0.2, -0.15) is 5.26 Å². The average molecular weight is 879 g/mol. The summed E-state index contributed by atoms with van der Waals surface area (Å²) in [6.45, 7) is 7.83. The molecule has 8 rings (SSSR count). The highest BCUT2D eigenvalue weighted by molar-refractivity contribution is 7.91. The quantitative estimate of drug-likeness (QED) is 0.154. The topological polar surface area (TPSA) is 181 Å². The molecule has 0 bridgehead atoms. The van der Waals surface area contributed by atoms with Gasteiger partial charge in [0.2, 0.25) is 21.8 Å². The van der Waals surface area contributed by atoms with Crippen molar-refractivity contribution in [2.75, 3.05) is 13.7 Å². The Morgan fingerprint density at radius 3 is 2.56 bits per heavy atom. The summed E-state index contributed by atoms with van der Waals surface area (Å²) in [4.78, 5) is 55.4. The van der Waals surface area contributed by atoms with Gasteiger partial charge in [-0.1, -0.05) is 51.0 Å². The molecule has 326 valence electrons. The third-order valence-electron chi connectivity index (χ3n) is 13.1. The zero-order valence-corrected chi connectivity index (χ0v) is 37.5. The molecule has 4 heterocycles. The number of pyridine rings is 1. The number of aryl methyl sites for hydroxylation is 1. The van der Waals surface area contributed by atoms with Crippen molar-refractivity contribution < 1.29 is 32.3 Å². The number of nitrogens with zero attached hydrogens (tertiary/aromatic N) is 4. The molecule has 5 atom stereocenters. The van der Waals surface area contributed by atoms with E-state index in [0.717, 1.165) is 52.9 Å². The number of rotatable bonds is 10. The fraction of sp³-hybridized carbons (Fsp3) is 0.489. The lowest BCUT2D eigenvalue weighted by atomic mass is 9.91. The summed E-state index contributed by atoms with van der Waals surface area (Å²) in [7, 11) is -2.38. The Bertz CT molecular complexity index is 2580. The fourth-order valence-corrected chi connectivity index (χ4v) is 11.0. The molecule has 2 N–H and O–H groups in total. The normalized spacial score (nSPS) is 25.4. The number of allylic oxidation sites excluding steroid dienone is 1. The van der Waals surface area contributed by atoms with Crippen LogP contribution in [0.2, 0.25) is 0 Å². The molecule has 3 amide bonds. The lowest BCUT2D eigenvalue weighted by Gasteiger charge is -2.30. The molecule has 2 aromatic carbocycles. The summed E-state index contributed by atoms with van der Waals surface area (Å²) in [6.07, 6.45) is 8.84. The number of thiazole rings is 1. The van der Waals surface area contributed by atoms with Gasteiger partial charge in [0.05, 0.1) is 41.2 Å². The Labute approximate surface area is 367 Å². The van der Waals surface area contributed by atoms with Gasteiger partial charge in [0, 0.05) is 40.7 Å². The maximum Gasteiger partial charge on any atom is 0.259 e. The Balaban J connectivity index is 1.15. The molecule has 15 heteroatoms. The van der Waals surface area contributed by atoms with E-state index in [9.17, 15) is 23.3 Å². The molecule has 3 fully saturated rings. The summed E-state index contributed by atoms with van der Waals surface area (Å²) < 4.78 is 40.5. The van der Waals surface area contributed by atoms with Crippen molar-refractivity contribution in [2.24, 2.45) is 11.8 Å². The molecule has 2 aromatic heterocycles. The first kappa shape index (κ1) is 43.3. The van der Waals surface area contributed by atoms with Crippen LogP contribution in [-0.4, -0.2) is 77.1 Å². The van der Waals surface area contributed by atoms with Crippen LogP contribution in [0.4, 0.5) is 0 Å². The zero-order chi connectivity index (χ0) is 44.0. The average Bonchev–Trinajstić information content (AvgIpc) is 4.02. The minimum Gasteiger partial charge on any atom is -0.496 e. The number of carbonyl (C=O) groups is 3. The van der Waals surface area contributed by atoms with Gasteiger partial charge in [-0.15, -0.1) is 11.3 Å². The Kier molecular flexibility index (Phi) is 11.9. The van der Waals surface area contributed by atoms with Crippen LogP contribution in [-0.2, 0) is 30.8 Å². The summed E-state index contributed by atoms with van der Waals surface area (Å²) in [6, 6.07) is 14.0. The van der Waals surface area contributed by atoms with E-state index in [0.29, 0.717) is 54.0 Å². The number of nitrogens with one attached hydrogen (secondary N) is 2. The Morgan fingerprint density at radius 2 is 1.87 bits per heavy atom. The van der Waals surface area contributed by atoms with Crippen LogP contribution < -0.4 is 19.5 Å². The van der Waals surface area contributed by atoms with Gasteiger partial charge in [-0.05, 0) is 94.5 Å². The Morgan fingerprint density at radius 1 is 1.10 bits per heavy atom. The molecule has 62 heavy (non-hydrogen) atoms. The molecule has 2 saturated carbocycles. The van der Waals surface area contributed by atoms with Crippen LogP contribution in [0.15, 0.2) is 60.0 Å². The minimum absolute atomic E-state index is 0.0963.